The fourth-order valence-corrected chi connectivity index (χ4v) is 4.40. The number of rotatable bonds is 6. The molecule has 3 rings (SSSR count). The van der Waals surface area contributed by atoms with Gasteiger partial charge in [-0.3, -0.25) is 20.4 Å². The number of sulfonamides is 1. The van der Waals surface area contributed by atoms with Crippen LogP contribution in [0, 0.1) is 6.92 Å². The van der Waals surface area contributed by atoms with Gasteiger partial charge >= 0.3 is 0 Å². The van der Waals surface area contributed by atoms with Crippen LogP contribution in [-0.4, -0.2) is 50.8 Å². The number of amides is 2. The third kappa shape index (κ3) is 5.65. The molecule has 0 radical (unpaired) electrons. The number of ether oxygens (including phenoxy) is 1. The molecule has 0 saturated carbocycles. The van der Waals surface area contributed by atoms with E-state index in [0.717, 1.165) is 11.1 Å². The third-order valence-electron chi connectivity index (χ3n) is 4.80. The maximum atomic E-state index is 12.6. The molecule has 1 fully saturated rings. The summed E-state index contributed by atoms with van der Waals surface area (Å²) in [6, 6.07) is 13.5. The molecule has 0 unspecified atom stereocenters. The van der Waals surface area contributed by atoms with E-state index in [9.17, 15) is 18.0 Å². The van der Waals surface area contributed by atoms with Crippen molar-refractivity contribution in [2.75, 3.05) is 26.3 Å². The minimum Gasteiger partial charge on any atom is -0.379 e. The Bertz CT molecular complexity index is 982. The predicted octanol–water partition coefficient (Wildman–Crippen LogP) is 1.41. The van der Waals surface area contributed by atoms with E-state index in [0.29, 0.717) is 38.3 Å². The van der Waals surface area contributed by atoms with Crippen LogP contribution in [0.5, 0.6) is 0 Å². The van der Waals surface area contributed by atoms with Gasteiger partial charge in [-0.05, 0) is 43.2 Å². The highest BCUT2D eigenvalue weighted by molar-refractivity contribution is 7.89. The van der Waals surface area contributed by atoms with Gasteiger partial charge in [-0.2, -0.15) is 4.31 Å². The van der Waals surface area contributed by atoms with Gasteiger partial charge in [-0.25, -0.2) is 8.42 Å². The van der Waals surface area contributed by atoms with Gasteiger partial charge in [0, 0.05) is 25.1 Å². The zero-order valence-corrected chi connectivity index (χ0v) is 17.6. The molecule has 0 aliphatic carbocycles. The number of nitrogens with one attached hydrogen (secondary N) is 2. The van der Waals surface area contributed by atoms with E-state index in [2.05, 4.69) is 10.9 Å². The highest BCUT2D eigenvalue weighted by Crippen LogP contribution is 2.18. The predicted molar refractivity (Wildman–Crippen MR) is 111 cm³/mol. The van der Waals surface area contributed by atoms with Crippen molar-refractivity contribution >= 4 is 21.8 Å². The molecule has 1 saturated heterocycles. The van der Waals surface area contributed by atoms with Gasteiger partial charge in [0.1, 0.15) is 0 Å². The van der Waals surface area contributed by atoms with Crippen LogP contribution in [0.2, 0.25) is 0 Å². The summed E-state index contributed by atoms with van der Waals surface area (Å²) in [5.41, 5.74) is 7.10. The molecule has 2 amide bonds. The number of carbonyl (C=O) groups is 2. The summed E-state index contributed by atoms with van der Waals surface area (Å²) < 4.78 is 31.8. The zero-order chi connectivity index (χ0) is 21.6. The fraction of sp³-hybridized carbons (Fsp3) is 0.333. The van der Waals surface area contributed by atoms with Crippen LogP contribution >= 0.6 is 0 Å². The normalized spacial score (nSPS) is 14.8. The molecule has 0 spiro atoms. The van der Waals surface area contributed by atoms with Crippen molar-refractivity contribution in [3.8, 4) is 0 Å². The minimum absolute atomic E-state index is 0.156. The van der Waals surface area contributed by atoms with Crippen molar-refractivity contribution in [2.24, 2.45) is 0 Å². The SMILES string of the molecule is Cc1ccc(C(=O)NNC(=O)CCc2ccc(S(=O)(=O)N3CCOCC3)cc2)cc1. The molecule has 0 bridgehead atoms. The van der Waals surface area contributed by atoms with Crippen LogP contribution in [0.4, 0.5) is 0 Å². The Balaban J connectivity index is 1.48. The average molecular weight is 432 g/mol. The average Bonchev–Trinajstić information content (AvgIpc) is 2.77. The molecule has 160 valence electrons. The standard InChI is InChI=1S/C21H25N3O5S/c1-16-2-7-18(8-3-16)21(26)23-22-20(25)11-6-17-4-9-19(10-5-17)30(27,28)24-12-14-29-15-13-24/h2-5,7-10H,6,11-15H2,1H3,(H,22,25)(H,23,26). The number of hydrazine groups is 1. The summed E-state index contributed by atoms with van der Waals surface area (Å²) in [4.78, 5) is 24.2. The van der Waals surface area contributed by atoms with Crippen LogP contribution in [0.3, 0.4) is 0 Å². The van der Waals surface area contributed by atoms with E-state index >= 15 is 0 Å². The summed E-state index contributed by atoms with van der Waals surface area (Å²) in [5, 5.41) is 0. The molecule has 30 heavy (non-hydrogen) atoms. The topological polar surface area (TPSA) is 105 Å². The van der Waals surface area contributed by atoms with Gasteiger partial charge in [0.2, 0.25) is 15.9 Å². The van der Waals surface area contributed by atoms with E-state index in [-0.39, 0.29) is 23.1 Å². The maximum Gasteiger partial charge on any atom is 0.269 e. The monoisotopic (exact) mass is 431 g/mol. The molecule has 1 aliphatic heterocycles. The molecular weight excluding hydrogens is 406 g/mol. The van der Waals surface area contributed by atoms with Gasteiger partial charge in [-0.15, -0.1) is 0 Å². The number of aryl methyl sites for hydroxylation is 2. The molecule has 0 aromatic heterocycles. The van der Waals surface area contributed by atoms with Crippen molar-refractivity contribution in [3.63, 3.8) is 0 Å². The summed E-state index contributed by atoms with van der Waals surface area (Å²) in [5.74, 6) is -0.721. The first kappa shape index (κ1) is 21.9. The zero-order valence-electron chi connectivity index (χ0n) is 16.8. The van der Waals surface area contributed by atoms with Crippen molar-refractivity contribution in [3.05, 3.63) is 65.2 Å². The lowest BCUT2D eigenvalue weighted by molar-refractivity contribution is -0.121. The van der Waals surface area contributed by atoms with E-state index in [1.807, 2.05) is 19.1 Å². The van der Waals surface area contributed by atoms with Gasteiger partial charge in [-0.1, -0.05) is 29.8 Å². The van der Waals surface area contributed by atoms with Gasteiger partial charge in [0.25, 0.3) is 5.91 Å². The molecule has 2 aromatic carbocycles. The fourth-order valence-electron chi connectivity index (χ4n) is 2.99. The Morgan fingerprint density at radius 3 is 2.23 bits per heavy atom. The van der Waals surface area contributed by atoms with Crippen LogP contribution in [0.25, 0.3) is 0 Å². The second kappa shape index (κ2) is 9.84. The van der Waals surface area contributed by atoms with E-state index < -0.39 is 10.0 Å². The molecule has 1 heterocycles. The maximum absolute atomic E-state index is 12.6. The van der Waals surface area contributed by atoms with Crippen LogP contribution < -0.4 is 10.9 Å². The lowest BCUT2D eigenvalue weighted by Crippen LogP contribution is -2.41. The summed E-state index contributed by atoms with van der Waals surface area (Å²) in [7, 11) is -3.53. The molecule has 0 atom stereocenters. The van der Waals surface area contributed by atoms with Crippen LogP contribution in [-0.2, 0) is 26.0 Å². The van der Waals surface area contributed by atoms with Crippen molar-refractivity contribution in [1.82, 2.24) is 15.2 Å². The third-order valence-corrected chi connectivity index (χ3v) is 6.71. The van der Waals surface area contributed by atoms with Gasteiger partial charge < -0.3 is 4.74 Å². The van der Waals surface area contributed by atoms with Crippen LogP contribution in [0.15, 0.2) is 53.4 Å². The van der Waals surface area contributed by atoms with Crippen molar-refractivity contribution in [2.45, 2.75) is 24.7 Å². The molecule has 2 aromatic rings. The first-order chi connectivity index (χ1) is 14.4. The molecular formula is C21H25N3O5S. The Hall–Kier alpha value is -2.75. The molecule has 9 heteroatoms. The summed E-state index contributed by atoms with van der Waals surface area (Å²) >= 11 is 0. The smallest absolute Gasteiger partial charge is 0.269 e. The number of nitrogens with zero attached hydrogens (tertiary/aromatic N) is 1. The van der Waals surface area contributed by atoms with E-state index in [1.54, 1.807) is 36.4 Å². The van der Waals surface area contributed by atoms with Crippen molar-refractivity contribution < 1.29 is 22.7 Å². The molecule has 1 aliphatic rings. The van der Waals surface area contributed by atoms with Gasteiger partial charge in [0.05, 0.1) is 18.1 Å². The number of hydrogen-bond donors (Lipinski definition) is 2. The highest BCUT2D eigenvalue weighted by Gasteiger charge is 2.26. The van der Waals surface area contributed by atoms with Crippen LogP contribution in [0.1, 0.15) is 27.9 Å². The largest absolute Gasteiger partial charge is 0.379 e. The Morgan fingerprint density at radius 1 is 0.967 bits per heavy atom. The minimum atomic E-state index is -3.53. The second-order valence-corrected chi connectivity index (χ2v) is 8.97. The quantitative estimate of drug-likeness (QED) is 0.673. The lowest BCUT2D eigenvalue weighted by atomic mass is 10.1. The Kier molecular flexibility index (Phi) is 7.20. The summed E-state index contributed by atoms with van der Waals surface area (Å²) in [6.45, 7) is 3.41. The lowest BCUT2D eigenvalue weighted by Gasteiger charge is -2.26. The number of morpholine rings is 1. The number of benzene rings is 2. The second-order valence-electron chi connectivity index (χ2n) is 7.03. The first-order valence-corrected chi connectivity index (χ1v) is 11.1. The number of hydrogen-bond acceptors (Lipinski definition) is 5. The first-order valence-electron chi connectivity index (χ1n) is 9.69. The molecule has 2 N–H and O–H groups in total. The molecule has 8 nitrogen and oxygen atoms in total. The van der Waals surface area contributed by atoms with Crippen molar-refractivity contribution in [1.29, 1.82) is 0 Å². The number of carbonyl (C=O) groups excluding carboxylic acids is 2. The van der Waals surface area contributed by atoms with E-state index in [4.69, 9.17) is 4.74 Å². The van der Waals surface area contributed by atoms with Gasteiger partial charge in [0.15, 0.2) is 0 Å². The van der Waals surface area contributed by atoms with E-state index in [1.165, 1.54) is 4.31 Å². The Morgan fingerprint density at radius 2 is 1.60 bits per heavy atom. The highest BCUT2D eigenvalue weighted by atomic mass is 32.2. The summed E-state index contributed by atoms with van der Waals surface area (Å²) in [6.07, 6.45) is 0.577. The Labute approximate surface area is 176 Å².